The van der Waals surface area contributed by atoms with E-state index in [-0.39, 0.29) is 25.7 Å². The molecule has 8 heteroatoms. The van der Waals surface area contributed by atoms with Crippen molar-refractivity contribution in [1.29, 1.82) is 0 Å². The average molecular weight is 401 g/mol. The van der Waals surface area contributed by atoms with E-state index >= 15 is 0 Å². The molecule has 0 amide bonds. The highest BCUT2D eigenvalue weighted by Crippen LogP contribution is 2.35. The van der Waals surface area contributed by atoms with Gasteiger partial charge in [-0.1, -0.05) is 0 Å². The van der Waals surface area contributed by atoms with Crippen molar-refractivity contribution in [2.45, 2.75) is 31.7 Å². The van der Waals surface area contributed by atoms with Gasteiger partial charge in [-0.3, -0.25) is 9.69 Å². The van der Waals surface area contributed by atoms with Gasteiger partial charge in [0.1, 0.15) is 5.75 Å². The fourth-order valence-corrected chi connectivity index (χ4v) is 3.59. The van der Waals surface area contributed by atoms with Crippen LogP contribution in [0, 0.1) is 0 Å². The Labute approximate surface area is 166 Å². The van der Waals surface area contributed by atoms with Crippen LogP contribution in [0.2, 0.25) is 0 Å². The standard InChI is InChI=1S/C19H28N2O5.ClH/c1-20(13-19(22)23)15-4-2-8-21(10-7-15)9-3-11-24-16-5-6-17-18(12-16)26-14-25-17;/h5-6,12,15H,2-4,7-11,13-14H2,1H3,(H,22,23);1H. The molecule has 1 aromatic rings. The van der Waals surface area contributed by atoms with Crippen LogP contribution in [0.3, 0.4) is 0 Å². The summed E-state index contributed by atoms with van der Waals surface area (Å²) in [4.78, 5) is 15.3. The lowest BCUT2D eigenvalue weighted by Crippen LogP contribution is -2.36. The number of likely N-dealkylation sites (tertiary alicyclic amines) is 1. The number of hydrogen-bond donors (Lipinski definition) is 1. The van der Waals surface area contributed by atoms with E-state index in [0.29, 0.717) is 12.6 Å². The predicted octanol–water partition coefficient (Wildman–Crippen LogP) is 2.48. The zero-order valence-electron chi connectivity index (χ0n) is 15.8. The third-order valence-electron chi connectivity index (χ3n) is 5.03. The molecule has 2 aliphatic rings. The Morgan fingerprint density at radius 1 is 1.30 bits per heavy atom. The summed E-state index contributed by atoms with van der Waals surface area (Å²) in [5.41, 5.74) is 0. The van der Waals surface area contributed by atoms with Crippen LogP contribution in [0.25, 0.3) is 0 Å². The number of aliphatic carboxylic acids is 1. The summed E-state index contributed by atoms with van der Waals surface area (Å²) in [5, 5.41) is 8.94. The minimum absolute atomic E-state index is 0. The van der Waals surface area contributed by atoms with Crippen LogP contribution >= 0.6 is 12.4 Å². The van der Waals surface area contributed by atoms with E-state index in [4.69, 9.17) is 19.3 Å². The van der Waals surface area contributed by atoms with Crippen LogP contribution in [-0.2, 0) is 4.79 Å². The largest absolute Gasteiger partial charge is 0.493 e. The van der Waals surface area contributed by atoms with Crippen molar-refractivity contribution in [3.63, 3.8) is 0 Å². The number of fused-ring (bicyclic) bond motifs is 1. The van der Waals surface area contributed by atoms with Crippen LogP contribution in [0.15, 0.2) is 18.2 Å². The number of carboxylic acid groups (broad SMARTS) is 1. The molecule has 0 spiro atoms. The number of rotatable bonds is 8. The lowest BCUT2D eigenvalue weighted by Gasteiger charge is -2.25. The molecule has 1 atom stereocenters. The Morgan fingerprint density at radius 3 is 2.93 bits per heavy atom. The van der Waals surface area contributed by atoms with Gasteiger partial charge in [-0.05, 0) is 58.0 Å². The third-order valence-corrected chi connectivity index (χ3v) is 5.03. The molecule has 1 fully saturated rings. The van der Waals surface area contributed by atoms with E-state index in [0.717, 1.165) is 62.6 Å². The maximum atomic E-state index is 10.9. The maximum absolute atomic E-state index is 10.9. The number of benzene rings is 1. The van der Waals surface area contributed by atoms with E-state index in [2.05, 4.69) is 4.90 Å². The van der Waals surface area contributed by atoms with E-state index in [1.165, 1.54) is 0 Å². The molecule has 2 aliphatic heterocycles. The highest BCUT2D eigenvalue weighted by Gasteiger charge is 2.21. The predicted molar refractivity (Wildman–Crippen MR) is 104 cm³/mol. The summed E-state index contributed by atoms with van der Waals surface area (Å²) in [5.74, 6) is 1.56. The molecule has 2 heterocycles. The van der Waals surface area contributed by atoms with E-state index < -0.39 is 5.97 Å². The maximum Gasteiger partial charge on any atom is 0.317 e. The first kappa shape index (κ1) is 21.6. The molecule has 0 saturated carbocycles. The van der Waals surface area contributed by atoms with Crippen molar-refractivity contribution in [3.8, 4) is 17.2 Å². The van der Waals surface area contributed by atoms with Gasteiger partial charge in [0.15, 0.2) is 11.5 Å². The molecule has 0 aromatic heterocycles. The lowest BCUT2D eigenvalue weighted by molar-refractivity contribution is -0.138. The number of halogens is 1. The molecule has 1 aromatic carbocycles. The van der Waals surface area contributed by atoms with Crippen LogP contribution in [0.5, 0.6) is 17.2 Å². The average Bonchev–Trinajstić information content (AvgIpc) is 2.94. The number of carboxylic acids is 1. The molecule has 0 radical (unpaired) electrons. The Hall–Kier alpha value is -1.70. The first-order valence-corrected chi connectivity index (χ1v) is 9.28. The fraction of sp³-hybridized carbons (Fsp3) is 0.632. The normalized spacial score (nSPS) is 19.4. The number of nitrogens with zero attached hydrogens (tertiary/aromatic N) is 2. The summed E-state index contributed by atoms with van der Waals surface area (Å²) < 4.78 is 16.5. The van der Waals surface area contributed by atoms with Gasteiger partial charge in [0.2, 0.25) is 6.79 Å². The molecule has 3 rings (SSSR count). The fourth-order valence-electron chi connectivity index (χ4n) is 3.59. The summed E-state index contributed by atoms with van der Waals surface area (Å²) in [6, 6.07) is 6.01. The second-order valence-corrected chi connectivity index (χ2v) is 6.95. The monoisotopic (exact) mass is 400 g/mol. The van der Waals surface area contributed by atoms with Crippen LogP contribution < -0.4 is 14.2 Å². The molecular formula is C19H29ClN2O5. The van der Waals surface area contributed by atoms with Gasteiger partial charge in [-0.2, -0.15) is 0 Å². The van der Waals surface area contributed by atoms with Crippen molar-refractivity contribution in [1.82, 2.24) is 9.80 Å². The summed E-state index contributed by atoms with van der Waals surface area (Å²) in [6.07, 6.45) is 4.16. The van der Waals surface area contributed by atoms with E-state index in [9.17, 15) is 4.79 Å². The van der Waals surface area contributed by atoms with Crippen molar-refractivity contribution in [2.24, 2.45) is 0 Å². The Kier molecular flexibility index (Phi) is 8.47. The van der Waals surface area contributed by atoms with Crippen LogP contribution in [-0.4, -0.2) is 73.5 Å². The molecule has 0 aliphatic carbocycles. The zero-order chi connectivity index (χ0) is 18.4. The van der Waals surface area contributed by atoms with Crippen molar-refractivity contribution in [3.05, 3.63) is 18.2 Å². The first-order chi connectivity index (χ1) is 12.6. The van der Waals surface area contributed by atoms with Crippen LogP contribution in [0.4, 0.5) is 0 Å². The second-order valence-electron chi connectivity index (χ2n) is 6.95. The van der Waals surface area contributed by atoms with Gasteiger partial charge in [0, 0.05) is 18.7 Å². The van der Waals surface area contributed by atoms with Gasteiger partial charge in [-0.15, -0.1) is 12.4 Å². The minimum Gasteiger partial charge on any atom is -0.493 e. The number of likely N-dealkylation sites (N-methyl/N-ethyl adjacent to an activating group) is 1. The Bertz CT molecular complexity index is 616. The van der Waals surface area contributed by atoms with Crippen molar-refractivity contribution in [2.75, 3.05) is 46.6 Å². The molecule has 7 nitrogen and oxygen atoms in total. The van der Waals surface area contributed by atoms with Gasteiger partial charge < -0.3 is 24.2 Å². The van der Waals surface area contributed by atoms with E-state index in [1.807, 2.05) is 30.1 Å². The highest BCUT2D eigenvalue weighted by molar-refractivity contribution is 5.85. The SMILES string of the molecule is CN(CC(=O)O)C1CCCN(CCCOc2ccc3c(c2)OCO3)CC1.Cl. The molecule has 27 heavy (non-hydrogen) atoms. The zero-order valence-corrected chi connectivity index (χ0v) is 16.6. The first-order valence-electron chi connectivity index (χ1n) is 9.28. The smallest absolute Gasteiger partial charge is 0.317 e. The summed E-state index contributed by atoms with van der Waals surface area (Å²) in [7, 11) is 1.91. The molecular weight excluding hydrogens is 372 g/mol. The number of hydrogen-bond acceptors (Lipinski definition) is 6. The quantitative estimate of drug-likeness (QED) is 0.672. The Morgan fingerprint density at radius 2 is 2.11 bits per heavy atom. The molecule has 0 bridgehead atoms. The third kappa shape index (κ3) is 6.45. The molecule has 1 saturated heterocycles. The summed E-state index contributed by atoms with van der Waals surface area (Å²) >= 11 is 0. The van der Waals surface area contributed by atoms with Crippen molar-refractivity contribution < 1.29 is 24.1 Å². The minimum atomic E-state index is -0.755. The van der Waals surface area contributed by atoms with Crippen molar-refractivity contribution >= 4 is 18.4 Å². The molecule has 1 N–H and O–H groups in total. The number of carbonyl (C=O) groups is 1. The van der Waals surface area contributed by atoms with E-state index in [1.54, 1.807) is 0 Å². The summed E-state index contributed by atoms with van der Waals surface area (Å²) in [6.45, 7) is 4.14. The Balaban J connectivity index is 0.00000261. The molecule has 1 unspecified atom stereocenters. The molecule has 152 valence electrons. The topological polar surface area (TPSA) is 71.5 Å². The number of ether oxygens (including phenoxy) is 3. The second kappa shape index (κ2) is 10.6. The van der Waals surface area contributed by atoms with Gasteiger partial charge >= 0.3 is 5.97 Å². The van der Waals surface area contributed by atoms with Crippen LogP contribution in [0.1, 0.15) is 25.7 Å². The van der Waals surface area contributed by atoms with Gasteiger partial charge in [-0.25, -0.2) is 0 Å². The van der Waals surface area contributed by atoms with Gasteiger partial charge in [0.05, 0.1) is 13.2 Å². The highest BCUT2D eigenvalue weighted by atomic mass is 35.5. The lowest BCUT2D eigenvalue weighted by atomic mass is 10.1. The van der Waals surface area contributed by atoms with Gasteiger partial charge in [0.25, 0.3) is 0 Å².